The molecular weight excluding hydrogens is 112 g/mol. The molecule has 0 amide bonds. The van der Waals surface area contributed by atoms with Crippen LogP contribution in [0, 0.1) is 0 Å². The van der Waals surface area contributed by atoms with Crippen LogP contribution in [-0.2, 0) is 0 Å². The molecule has 0 unspecified atom stereocenters. The van der Waals surface area contributed by atoms with Crippen LogP contribution in [0.15, 0.2) is 10.2 Å². The molecule has 0 aliphatic rings. The van der Waals surface area contributed by atoms with Gasteiger partial charge in [0.1, 0.15) is 0 Å². The molecule has 0 saturated heterocycles. The second-order valence-electron chi connectivity index (χ2n) is 1.96. The average Bonchev–Trinajstić information content (AvgIpc) is 1.85. The van der Waals surface area contributed by atoms with Crippen LogP contribution in [0.25, 0.3) is 0 Å². The maximum atomic E-state index is 3.92. The van der Waals surface area contributed by atoms with Crippen molar-refractivity contribution >= 4 is 11.9 Å². The van der Waals surface area contributed by atoms with E-state index in [1.165, 1.54) is 0 Å². The zero-order chi connectivity index (χ0) is 7.11. The van der Waals surface area contributed by atoms with Crippen molar-refractivity contribution in [1.82, 2.24) is 0 Å². The van der Waals surface area contributed by atoms with Gasteiger partial charge in [-0.15, -0.1) is 0 Å². The van der Waals surface area contributed by atoms with Crippen LogP contribution < -0.4 is 0 Å². The summed E-state index contributed by atoms with van der Waals surface area (Å²) >= 11 is 0. The van der Waals surface area contributed by atoms with Crippen molar-refractivity contribution in [3.05, 3.63) is 0 Å². The first kappa shape index (κ1) is 8.34. The van der Waals surface area contributed by atoms with E-state index in [2.05, 4.69) is 17.1 Å². The maximum Gasteiger partial charge on any atom is 0.0374 e. The number of rotatable bonds is 3. The van der Waals surface area contributed by atoms with Gasteiger partial charge in [-0.1, -0.05) is 13.3 Å². The molecule has 9 heavy (non-hydrogen) atoms. The summed E-state index contributed by atoms with van der Waals surface area (Å²) in [7, 11) is 0. The highest BCUT2D eigenvalue weighted by molar-refractivity contribution is 5.81. The van der Waals surface area contributed by atoms with Gasteiger partial charge in [-0.05, 0) is 20.3 Å². The molecule has 0 spiro atoms. The van der Waals surface area contributed by atoms with Gasteiger partial charge in [0.25, 0.3) is 0 Å². The first-order chi connectivity index (χ1) is 4.31. The molecule has 52 valence electrons. The summed E-state index contributed by atoms with van der Waals surface area (Å²) in [6.07, 6.45) is 3.89. The van der Waals surface area contributed by atoms with Crippen LogP contribution in [0.2, 0.25) is 0 Å². The van der Waals surface area contributed by atoms with E-state index in [9.17, 15) is 0 Å². The fourth-order valence-corrected chi connectivity index (χ4v) is 0.568. The molecule has 0 atom stereocenters. The van der Waals surface area contributed by atoms with Gasteiger partial charge < -0.3 is 0 Å². The summed E-state index contributed by atoms with van der Waals surface area (Å²) < 4.78 is 0. The molecule has 0 aromatic heterocycles. The average molecular weight is 126 g/mol. The zero-order valence-corrected chi connectivity index (χ0v) is 6.39. The Morgan fingerprint density at radius 1 is 1.56 bits per heavy atom. The monoisotopic (exact) mass is 126 g/mol. The Hall–Kier alpha value is -0.660. The van der Waals surface area contributed by atoms with Crippen molar-refractivity contribution in [3.8, 4) is 0 Å². The van der Waals surface area contributed by atoms with E-state index in [1.807, 2.05) is 13.8 Å². The minimum Gasteiger partial charge on any atom is -0.164 e. The normalized spacial score (nSPS) is 13.0. The molecule has 0 fully saturated rings. The smallest absolute Gasteiger partial charge is 0.0374 e. The maximum absolute atomic E-state index is 3.92. The SMILES string of the molecule is C/C=N\N=C(\C)CCC. The van der Waals surface area contributed by atoms with Gasteiger partial charge >= 0.3 is 0 Å². The molecule has 0 aromatic carbocycles. The third-order valence-corrected chi connectivity index (χ3v) is 0.956. The third-order valence-electron chi connectivity index (χ3n) is 0.956. The molecule has 0 bridgehead atoms. The van der Waals surface area contributed by atoms with Gasteiger partial charge in [0, 0.05) is 11.9 Å². The lowest BCUT2D eigenvalue weighted by Gasteiger charge is -1.89. The highest BCUT2D eigenvalue weighted by Gasteiger charge is 1.84. The van der Waals surface area contributed by atoms with Crippen molar-refractivity contribution in [2.75, 3.05) is 0 Å². The number of nitrogens with zero attached hydrogens (tertiary/aromatic N) is 2. The molecule has 0 aliphatic carbocycles. The summed E-state index contributed by atoms with van der Waals surface area (Å²) in [4.78, 5) is 0. The van der Waals surface area contributed by atoms with Crippen LogP contribution in [0.5, 0.6) is 0 Å². The minimum atomic E-state index is 1.05. The highest BCUT2D eigenvalue weighted by Crippen LogP contribution is 1.90. The van der Waals surface area contributed by atoms with Crippen molar-refractivity contribution in [1.29, 1.82) is 0 Å². The minimum absolute atomic E-state index is 1.05. The Morgan fingerprint density at radius 2 is 2.22 bits per heavy atom. The summed E-state index contributed by atoms with van der Waals surface area (Å²) in [6, 6.07) is 0. The molecule has 0 rings (SSSR count). The zero-order valence-electron chi connectivity index (χ0n) is 6.39. The Bertz CT molecular complexity index is 114. The Morgan fingerprint density at radius 3 is 2.67 bits per heavy atom. The molecule has 0 radical (unpaired) electrons. The summed E-state index contributed by atoms with van der Waals surface area (Å²) in [6.45, 7) is 5.99. The molecule has 0 heterocycles. The van der Waals surface area contributed by atoms with Gasteiger partial charge in [-0.3, -0.25) is 0 Å². The van der Waals surface area contributed by atoms with Crippen LogP contribution in [0.1, 0.15) is 33.6 Å². The first-order valence-corrected chi connectivity index (χ1v) is 3.32. The second kappa shape index (κ2) is 5.48. The Kier molecular flexibility index (Phi) is 5.07. The van der Waals surface area contributed by atoms with Crippen LogP contribution in [0.3, 0.4) is 0 Å². The van der Waals surface area contributed by atoms with Crippen molar-refractivity contribution in [2.45, 2.75) is 33.6 Å². The summed E-state index contributed by atoms with van der Waals surface area (Å²) in [5.41, 5.74) is 1.11. The lowest BCUT2D eigenvalue weighted by atomic mass is 10.2. The molecule has 2 heteroatoms. The summed E-state index contributed by atoms with van der Waals surface area (Å²) in [5.74, 6) is 0. The van der Waals surface area contributed by atoms with E-state index in [0.29, 0.717) is 0 Å². The number of hydrogen-bond acceptors (Lipinski definition) is 2. The fraction of sp³-hybridized carbons (Fsp3) is 0.714. The summed E-state index contributed by atoms with van der Waals surface area (Å²) in [5, 5.41) is 7.67. The second-order valence-corrected chi connectivity index (χ2v) is 1.96. The Balaban J connectivity index is 3.55. The van der Waals surface area contributed by atoms with Gasteiger partial charge in [0.15, 0.2) is 0 Å². The third kappa shape index (κ3) is 5.21. The standard InChI is InChI=1S/C7H14N2/c1-4-6-7(3)9-8-5-2/h5H,4,6H2,1-3H3/b8-5-,9-7-. The van der Waals surface area contributed by atoms with Crippen LogP contribution in [0.4, 0.5) is 0 Å². The van der Waals surface area contributed by atoms with Crippen LogP contribution >= 0.6 is 0 Å². The van der Waals surface area contributed by atoms with Crippen molar-refractivity contribution in [2.24, 2.45) is 10.2 Å². The van der Waals surface area contributed by atoms with Crippen molar-refractivity contribution in [3.63, 3.8) is 0 Å². The van der Waals surface area contributed by atoms with E-state index >= 15 is 0 Å². The van der Waals surface area contributed by atoms with E-state index in [4.69, 9.17) is 0 Å². The first-order valence-electron chi connectivity index (χ1n) is 3.32. The van der Waals surface area contributed by atoms with Crippen molar-refractivity contribution < 1.29 is 0 Å². The van der Waals surface area contributed by atoms with E-state index in [-0.39, 0.29) is 0 Å². The number of hydrogen-bond donors (Lipinski definition) is 0. The van der Waals surface area contributed by atoms with E-state index in [0.717, 1.165) is 18.6 Å². The highest BCUT2D eigenvalue weighted by atomic mass is 15.2. The Labute approximate surface area is 56.7 Å². The topological polar surface area (TPSA) is 24.7 Å². The largest absolute Gasteiger partial charge is 0.164 e. The predicted molar refractivity (Wildman–Crippen MR) is 42.2 cm³/mol. The molecule has 0 aliphatic heterocycles. The van der Waals surface area contributed by atoms with Gasteiger partial charge in [0.2, 0.25) is 0 Å². The molecule has 0 aromatic rings. The van der Waals surface area contributed by atoms with Gasteiger partial charge in [0.05, 0.1) is 0 Å². The molecule has 2 nitrogen and oxygen atoms in total. The van der Waals surface area contributed by atoms with Gasteiger partial charge in [-0.2, -0.15) is 10.2 Å². The quantitative estimate of drug-likeness (QED) is 0.409. The predicted octanol–water partition coefficient (Wildman–Crippen LogP) is 2.25. The molecular formula is C7H14N2. The van der Waals surface area contributed by atoms with E-state index in [1.54, 1.807) is 6.21 Å². The van der Waals surface area contributed by atoms with Crippen LogP contribution in [-0.4, -0.2) is 11.9 Å². The van der Waals surface area contributed by atoms with Gasteiger partial charge in [-0.25, -0.2) is 0 Å². The molecule has 0 N–H and O–H groups in total. The fourth-order valence-electron chi connectivity index (χ4n) is 0.568. The van der Waals surface area contributed by atoms with E-state index < -0.39 is 0 Å². The lowest BCUT2D eigenvalue weighted by molar-refractivity contribution is 0.978. The lowest BCUT2D eigenvalue weighted by Crippen LogP contribution is -1.87. The molecule has 0 saturated carbocycles.